The van der Waals surface area contributed by atoms with Gasteiger partial charge >= 0.3 is 0 Å². The summed E-state index contributed by atoms with van der Waals surface area (Å²) < 4.78 is 0. The average molecular weight is 228 g/mol. The molecule has 0 aromatic heterocycles. The predicted molar refractivity (Wildman–Crippen MR) is 71.5 cm³/mol. The van der Waals surface area contributed by atoms with E-state index in [1.807, 2.05) is 0 Å². The molecule has 0 unspecified atom stereocenters. The first-order chi connectivity index (χ1) is 7.52. The van der Waals surface area contributed by atoms with E-state index in [-0.39, 0.29) is 0 Å². The Kier molecular flexibility index (Phi) is 9.04. The minimum atomic E-state index is 0.942. The Labute approximate surface area is 101 Å². The van der Waals surface area contributed by atoms with Crippen molar-refractivity contribution in [1.82, 2.24) is 20.4 Å². The summed E-state index contributed by atoms with van der Waals surface area (Å²) in [4.78, 5) is 4.38. The molecule has 4 heteroatoms. The Bertz CT molecular complexity index is 160. The van der Waals surface area contributed by atoms with Crippen LogP contribution in [0.4, 0.5) is 0 Å². The third-order valence-electron chi connectivity index (χ3n) is 2.24. The quantitative estimate of drug-likeness (QED) is 0.534. The average Bonchev–Trinajstić information content (AvgIpc) is 2.19. The maximum atomic E-state index is 3.94. The number of hydrogen-bond acceptors (Lipinski definition) is 4. The second kappa shape index (κ2) is 9.48. The molecule has 96 valence electrons. The number of nitrogens with zero attached hydrogens (tertiary/aromatic N) is 2. The highest BCUT2D eigenvalue weighted by molar-refractivity contribution is 4.87. The molecule has 4 nitrogen and oxygen atoms in total. The molecule has 0 aromatic carbocycles. The number of nitrogens with one attached hydrogen (secondary N) is 2. The smallest absolute Gasteiger partial charge is 0.0912 e. The highest BCUT2D eigenvalue weighted by Crippen LogP contribution is 1.85. The summed E-state index contributed by atoms with van der Waals surface area (Å²) in [5.74, 6) is 0.942. The molecule has 0 aliphatic carbocycles. The van der Waals surface area contributed by atoms with Gasteiger partial charge in [0.25, 0.3) is 0 Å². The van der Waals surface area contributed by atoms with Crippen LogP contribution < -0.4 is 10.6 Å². The Balaban J connectivity index is 3.25. The maximum Gasteiger partial charge on any atom is 0.0912 e. The molecule has 16 heavy (non-hydrogen) atoms. The van der Waals surface area contributed by atoms with Crippen molar-refractivity contribution >= 4 is 0 Å². The fraction of sp³-hybridized carbons (Fsp3) is 0.833. The summed E-state index contributed by atoms with van der Waals surface area (Å²) >= 11 is 0. The molecule has 0 rings (SSSR count). The van der Waals surface area contributed by atoms with Gasteiger partial charge < -0.3 is 20.4 Å². The fourth-order valence-corrected chi connectivity index (χ4v) is 1.33. The van der Waals surface area contributed by atoms with Gasteiger partial charge in [-0.25, -0.2) is 0 Å². The molecule has 2 N–H and O–H groups in total. The molecule has 0 saturated heterocycles. The molecule has 0 fully saturated rings. The van der Waals surface area contributed by atoms with Crippen LogP contribution in [0.1, 0.15) is 12.8 Å². The van der Waals surface area contributed by atoms with Crippen molar-refractivity contribution in [3.63, 3.8) is 0 Å². The molecular formula is C12H28N4. The van der Waals surface area contributed by atoms with Gasteiger partial charge in [0.2, 0.25) is 0 Å². The first-order valence-corrected chi connectivity index (χ1v) is 5.98. The lowest BCUT2D eigenvalue weighted by Crippen LogP contribution is -2.29. The van der Waals surface area contributed by atoms with Gasteiger partial charge in [-0.05, 0) is 54.1 Å². The third-order valence-corrected chi connectivity index (χ3v) is 2.24. The fourth-order valence-electron chi connectivity index (χ4n) is 1.33. The summed E-state index contributed by atoms with van der Waals surface area (Å²) in [6, 6.07) is 0. The predicted octanol–water partition coefficient (Wildman–Crippen LogP) is 0.540. The largest absolute Gasteiger partial charge is 0.372 e. The molecule has 0 atom stereocenters. The zero-order valence-electron chi connectivity index (χ0n) is 11.3. The van der Waals surface area contributed by atoms with E-state index in [1.165, 1.54) is 0 Å². The maximum absolute atomic E-state index is 3.94. The van der Waals surface area contributed by atoms with E-state index in [4.69, 9.17) is 0 Å². The third kappa shape index (κ3) is 11.3. The summed E-state index contributed by atoms with van der Waals surface area (Å²) in [5.41, 5.74) is 0. The van der Waals surface area contributed by atoms with E-state index in [2.05, 4.69) is 55.2 Å². The van der Waals surface area contributed by atoms with Gasteiger partial charge in [0.15, 0.2) is 0 Å². The van der Waals surface area contributed by atoms with E-state index in [1.54, 1.807) is 0 Å². The molecule has 0 aliphatic rings. The molecule has 0 aliphatic heterocycles. The van der Waals surface area contributed by atoms with Crippen LogP contribution in [0, 0.1) is 0 Å². The highest BCUT2D eigenvalue weighted by Gasteiger charge is 1.94. The number of rotatable bonds is 10. The van der Waals surface area contributed by atoms with Crippen LogP contribution >= 0.6 is 0 Å². The van der Waals surface area contributed by atoms with Gasteiger partial charge in [-0.2, -0.15) is 0 Å². The Morgan fingerprint density at radius 2 is 1.25 bits per heavy atom. The zero-order valence-corrected chi connectivity index (χ0v) is 11.3. The lowest BCUT2D eigenvalue weighted by molar-refractivity contribution is 0.392. The van der Waals surface area contributed by atoms with E-state index in [0.717, 1.165) is 44.8 Å². The van der Waals surface area contributed by atoms with Gasteiger partial charge in [0.1, 0.15) is 0 Å². The van der Waals surface area contributed by atoms with Crippen LogP contribution in [0.25, 0.3) is 0 Å². The summed E-state index contributed by atoms with van der Waals surface area (Å²) in [6.07, 6.45) is 2.29. The monoisotopic (exact) mass is 228 g/mol. The van der Waals surface area contributed by atoms with E-state index in [0.29, 0.717) is 0 Å². The van der Waals surface area contributed by atoms with E-state index in [9.17, 15) is 0 Å². The normalized spacial score (nSPS) is 10.9. The molecule has 0 aromatic rings. The van der Waals surface area contributed by atoms with E-state index < -0.39 is 0 Å². The number of hydrogen-bond donors (Lipinski definition) is 2. The van der Waals surface area contributed by atoms with Crippen molar-refractivity contribution in [3.05, 3.63) is 12.4 Å². The van der Waals surface area contributed by atoms with Gasteiger partial charge in [-0.1, -0.05) is 6.58 Å². The minimum Gasteiger partial charge on any atom is -0.372 e. The second-order valence-electron chi connectivity index (χ2n) is 4.65. The summed E-state index contributed by atoms with van der Waals surface area (Å²) in [5, 5.41) is 6.56. The topological polar surface area (TPSA) is 30.5 Å². The van der Waals surface area contributed by atoms with Crippen molar-refractivity contribution in [1.29, 1.82) is 0 Å². The molecule has 0 amide bonds. The lowest BCUT2D eigenvalue weighted by atomic mass is 10.4. The molecule has 0 heterocycles. The van der Waals surface area contributed by atoms with Crippen LogP contribution in [0.2, 0.25) is 0 Å². The molecule has 0 radical (unpaired) electrons. The lowest BCUT2D eigenvalue weighted by Gasteiger charge is -2.14. The van der Waals surface area contributed by atoms with Gasteiger partial charge in [-0.15, -0.1) is 0 Å². The van der Waals surface area contributed by atoms with Crippen molar-refractivity contribution in [2.75, 3.05) is 54.4 Å². The van der Waals surface area contributed by atoms with Crippen LogP contribution in [-0.2, 0) is 0 Å². The summed E-state index contributed by atoms with van der Waals surface area (Å²) in [7, 11) is 8.37. The SMILES string of the molecule is C=C(NCCCN(C)C)NCCCN(C)C. The van der Waals surface area contributed by atoms with Crippen LogP contribution in [-0.4, -0.2) is 64.2 Å². The van der Waals surface area contributed by atoms with Gasteiger partial charge in [0, 0.05) is 13.1 Å². The molecule has 0 bridgehead atoms. The van der Waals surface area contributed by atoms with Gasteiger partial charge in [0.05, 0.1) is 5.82 Å². The first kappa shape index (κ1) is 15.3. The van der Waals surface area contributed by atoms with Crippen molar-refractivity contribution < 1.29 is 0 Å². The van der Waals surface area contributed by atoms with Crippen molar-refractivity contribution in [3.8, 4) is 0 Å². The van der Waals surface area contributed by atoms with E-state index >= 15 is 0 Å². The zero-order chi connectivity index (χ0) is 12.4. The Hall–Kier alpha value is -0.740. The molecule has 0 spiro atoms. The standard InChI is InChI=1S/C12H28N4/c1-12(13-8-6-10-15(2)3)14-9-7-11-16(4)5/h13-14H,1,6-11H2,2-5H3. The van der Waals surface area contributed by atoms with Crippen LogP contribution in [0.5, 0.6) is 0 Å². The summed E-state index contributed by atoms with van der Waals surface area (Å²) in [6.45, 7) is 8.13. The van der Waals surface area contributed by atoms with Crippen molar-refractivity contribution in [2.24, 2.45) is 0 Å². The Morgan fingerprint density at radius 1 is 0.875 bits per heavy atom. The van der Waals surface area contributed by atoms with Crippen molar-refractivity contribution in [2.45, 2.75) is 12.8 Å². The molecule has 0 saturated carbocycles. The minimum absolute atomic E-state index is 0.942. The van der Waals surface area contributed by atoms with Crippen LogP contribution in [0.15, 0.2) is 12.4 Å². The first-order valence-electron chi connectivity index (χ1n) is 5.98. The second-order valence-corrected chi connectivity index (χ2v) is 4.65. The highest BCUT2D eigenvalue weighted by atomic mass is 15.1. The van der Waals surface area contributed by atoms with Crippen LogP contribution in [0.3, 0.4) is 0 Å². The Morgan fingerprint density at radius 3 is 1.56 bits per heavy atom. The molecular weight excluding hydrogens is 200 g/mol. The van der Waals surface area contributed by atoms with Gasteiger partial charge in [-0.3, -0.25) is 0 Å².